The third kappa shape index (κ3) is 15.2. The largest absolute Gasteiger partial charge is 0.494 e. The summed E-state index contributed by atoms with van der Waals surface area (Å²) >= 11 is 0. The van der Waals surface area contributed by atoms with Crippen LogP contribution in [0.1, 0.15) is 154 Å². The van der Waals surface area contributed by atoms with Crippen molar-refractivity contribution in [3.05, 3.63) is 48.5 Å². The van der Waals surface area contributed by atoms with Gasteiger partial charge in [-0.15, -0.1) is 0 Å². The van der Waals surface area contributed by atoms with E-state index in [0.29, 0.717) is 37.6 Å². The summed E-state index contributed by atoms with van der Waals surface area (Å²) in [5, 5.41) is 0. The molecule has 6 rings (SSSR count). The van der Waals surface area contributed by atoms with Crippen molar-refractivity contribution >= 4 is 20.0 Å². The predicted molar refractivity (Wildman–Crippen MR) is 203 cm³/mol. The molecule has 4 aliphatic rings. The molecular weight excluding hydrogens is 669 g/mol. The molecule has 0 radical (unpaired) electrons. The minimum Gasteiger partial charge on any atom is -0.494 e. The minimum atomic E-state index is -3.86. The van der Waals surface area contributed by atoms with Gasteiger partial charge in [0, 0.05) is 12.1 Å². The minimum absolute atomic E-state index is 0.141. The van der Waals surface area contributed by atoms with E-state index in [0.717, 1.165) is 38.5 Å². The molecule has 50 heavy (non-hydrogen) atoms. The van der Waals surface area contributed by atoms with Crippen molar-refractivity contribution in [2.45, 2.75) is 176 Å². The second kappa shape index (κ2) is 22.7. The second-order valence-corrected chi connectivity index (χ2v) is 17.9. The Balaban J connectivity index is 1.30. The fourth-order valence-corrected chi connectivity index (χ4v) is 9.77. The zero-order valence-electron chi connectivity index (χ0n) is 30.4. The van der Waals surface area contributed by atoms with Crippen molar-refractivity contribution in [1.29, 1.82) is 0 Å². The van der Waals surface area contributed by atoms with Gasteiger partial charge in [-0.05, 0) is 74.2 Å². The van der Waals surface area contributed by atoms with Crippen LogP contribution in [-0.4, -0.2) is 42.1 Å². The zero-order chi connectivity index (χ0) is 35.3. The molecule has 0 aromatic heterocycles. The maximum Gasteiger partial charge on any atom is 0.240 e. The number of ether oxygens (including phenoxy) is 2. The van der Waals surface area contributed by atoms with Gasteiger partial charge in [0.15, 0.2) is 0 Å². The molecular formula is C40H64N2O6S2. The number of benzene rings is 2. The third-order valence-electron chi connectivity index (χ3n) is 10.2. The van der Waals surface area contributed by atoms with Crippen molar-refractivity contribution < 1.29 is 26.3 Å². The van der Waals surface area contributed by atoms with Gasteiger partial charge in [0.1, 0.15) is 11.5 Å². The highest BCUT2D eigenvalue weighted by Gasteiger charge is 2.33. The highest BCUT2D eigenvalue weighted by Crippen LogP contribution is 2.25. The summed E-state index contributed by atoms with van der Waals surface area (Å²) in [6.45, 7) is 1.23. The van der Waals surface area contributed by atoms with Gasteiger partial charge in [0.05, 0.1) is 23.0 Å². The summed E-state index contributed by atoms with van der Waals surface area (Å²) in [6, 6.07) is 11.9. The summed E-state index contributed by atoms with van der Waals surface area (Å²) in [5.41, 5.74) is 0. The lowest BCUT2D eigenvalue weighted by Gasteiger charge is -2.32. The van der Waals surface area contributed by atoms with Crippen molar-refractivity contribution in [3.8, 4) is 11.5 Å². The van der Waals surface area contributed by atoms with Crippen LogP contribution in [0.3, 0.4) is 0 Å². The molecule has 8 nitrogen and oxygen atoms in total. The van der Waals surface area contributed by atoms with Crippen molar-refractivity contribution in [1.82, 2.24) is 9.44 Å². The Kier molecular flexibility index (Phi) is 18.5. The molecule has 3 heterocycles. The topological polar surface area (TPSA) is 111 Å². The molecule has 0 saturated heterocycles. The quantitative estimate of drug-likeness (QED) is 0.279. The van der Waals surface area contributed by atoms with Gasteiger partial charge < -0.3 is 9.47 Å². The first-order chi connectivity index (χ1) is 24.3. The summed E-state index contributed by atoms with van der Waals surface area (Å²) < 4.78 is 70.8. The smallest absolute Gasteiger partial charge is 0.240 e. The molecule has 1 saturated carbocycles. The monoisotopic (exact) mass is 732 g/mol. The first-order valence-electron chi connectivity index (χ1n) is 19.8. The van der Waals surface area contributed by atoms with Crippen LogP contribution in [-0.2, 0) is 20.0 Å². The van der Waals surface area contributed by atoms with E-state index in [-0.39, 0.29) is 9.79 Å². The lowest BCUT2D eigenvalue weighted by molar-refractivity contribution is 0.304. The Hall–Kier alpha value is -2.14. The van der Waals surface area contributed by atoms with Crippen molar-refractivity contribution in [3.63, 3.8) is 0 Å². The highest BCUT2D eigenvalue weighted by molar-refractivity contribution is 7.90. The number of hydrogen-bond donors (Lipinski definition) is 2. The molecule has 2 aromatic carbocycles. The van der Waals surface area contributed by atoms with E-state index in [2.05, 4.69) is 9.44 Å². The first-order valence-corrected chi connectivity index (χ1v) is 22.8. The Bertz CT molecular complexity index is 1310. The molecule has 2 atom stereocenters. The number of fused-ring (bicyclic) bond motifs is 2. The maximum atomic E-state index is 13.3. The summed E-state index contributed by atoms with van der Waals surface area (Å²) in [7, 11) is -7.71. The van der Waals surface area contributed by atoms with Crippen molar-refractivity contribution in [2.24, 2.45) is 0 Å². The first kappa shape index (κ1) is 40.6. The van der Waals surface area contributed by atoms with Gasteiger partial charge in [-0.2, -0.15) is 0 Å². The lowest BCUT2D eigenvalue weighted by Crippen LogP contribution is -2.52. The van der Waals surface area contributed by atoms with Gasteiger partial charge in [-0.1, -0.05) is 128 Å². The number of sulfonamides is 2. The van der Waals surface area contributed by atoms with Gasteiger partial charge >= 0.3 is 0 Å². The summed E-state index contributed by atoms with van der Waals surface area (Å²) in [4.78, 5) is 0.281. The van der Waals surface area contributed by atoms with Crippen LogP contribution in [0.15, 0.2) is 58.3 Å². The molecule has 0 spiro atoms. The molecule has 1 aliphatic carbocycles. The summed E-state index contributed by atoms with van der Waals surface area (Å²) in [6.07, 6.45) is 28.4. The Morgan fingerprint density at radius 3 is 0.920 bits per heavy atom. The van der Waals surface area contributed by atoms with Crippen LogP contribution in [0, 0.1) is 0 Å². The Labute approximate surface area is 304 Å². The van der Waals surface area contributed by atoms with E-state index in [1.54, 1.807) is 48.5 Å². The lowest BCUT2D eigenvalue weighted by atomic mass is 9.92. The van der Waals surface area contributed by atoms with E-state index in [4.69, 9.17) is 9.47 Å². The SMILES string of the molecule is O=S1(=O)N[C@@H]2CCCC[C@H]2NS(=O)(=O)c2ccc(cc2)OCCCCCCCCCCCCCCCCCCCCCCOc2ccc1cc2. The number of nitrogens with one attached hydrogen (secondary N) is 2. The fraction of sp³-hybridized carbons (Fsp3) is 0.700. The van der Waals surface area contributed by atoms with E-state index in [9.17, 15) is 16.8 Å². The van der Waals surface area contributed by atoms with Crippen LogP contribution in [0.4, 0.5) is 0 Å². The number of hydrogen-bond acceptors (Lipinski definition) is 6. The average molecular weight is 733 g/mol. The van der Waals surface area contributed by atoms with Crippen molar-refractivity contribution in [2.75, 3.05) is 13.2 Å². The Morgan fingerprint density at radius 2 is 0.640 bits per heavy atom. The predicted octanol–water partition coefficient (Wildman–Crippen LogP) is 9.83. The standard InChI is InChI=1S/C40H64N2O6S2/c43-49(44)37-29-25-35(26-30-37)47-33-21-17-15-13-11-9-7-5-3-1-2-4-6-8-10-12-14-16-18-22-34-48-36-27-31-38(32-28-36)50(45,46)42-40-24-20-19-23-39(40)41-49/h25-32,39-42H,1-24,33-34H2/t39-,40-/m1/s1. The average Bonchev–Trinajstić information content (AvgIpc) is 3.11. The molecule has 2 aromatic rings. The molecule has 4 bridgehead atoms. The number of rotatable bonds is 0. The molecule has 3 aliphatic heterocycles. The molecule has 0 amide bonds. The van der Waals surface area contributed by atoms with Gasteiger partial charge in [-0.25, -0.2) is 26.3 Å². The summed E-state index contributed by atoms with van der Waals surface area (Å²) in [5.74, 6) is 1.30. The van der Waals surface area contributed by atoms with Gasteiger partial charge in [-0.3, -0.25) is 0 Å². The van der Waals surface area contributed by atoms with Crippen LogP contribution in [0.25, 0.3) is 0 Å². The van der Waals surface area contributed by atoms with E-state index in [1.807, 2.05) is 0 Å². The zero-order valence-corrected chi connectivity index (χ0v) is 32.1. The fourth-order valence-electron chi connectivity index (χ4n) is 7.14. The third-order valence-corrected chi connectivity index (χ3v) is 13.2. The van der Waals surface area contributed by atoms with Gasteiger partial charge in [0.2, 0.25) is 20.0 Å². The van der Waals surface area contributed by atoms with E-state index < -0.39 is 32.1 Å². The molecule has 2 N–H and O–H groups in total. The van der Waals surface area contributed by atoms with E-state index >= 15 is 0 Å². The molecule has 282 valence electrons. The van der Waals surface area contributed by atoms with Crippen LogP contribution in [0.5, 0.6) is 11.5 Å². The second-order valence-electron chi connectivity index (χ2n) is 14.5. The van der Waals surface area contributed by atoms with Crippen LogP contribution >= 0.6 is 0 Å². The van der Waals surface area contributed by atoms with Crippen LogP contribution < -0.4 is 18.9 Å². The molecule has 0 unspecified atom stereocenters. The highest BCUT2D eigenvalue weighted by atomic mass is 32.2. The Morgan fingerprint density at radius 1 is 0.380 bits per heavy atom. The van der Waals surface area contributed by atoms with Crippen LogP contribution in [0.2, 0.25) is 0 Å². The van der Waals surface area contributed by atoms with Gasteiger partial charge in [0.25, 0.3) is 0 Å². The molecule has 1 fully saturated rings. The molecule has 10 heteroatoms. The van der Waals surface area contributed by atoms with E-state index in [1.165, 1.54) is 103 Å². The normalized spacial score (nSPS) is 25.1. The maximum absolute atomic E-state index is 13.3.